The van der Waals surface area contributed by atoms with Gasteiger partial charge in [-0.3, -0.25) is 4.90 Å². The van der Waals surface area contributed by atoms with Gasteiger partial charge in [-0.2, -0.15) is 0 Å². The minimum atomic E-state index is 0. The molecule has 5 heteroatoms. The Bertz CT molecular complexity index is 628. The molecule has 1 saturated heterocycles. The summed E-state index contributed by atoms with van der Waals surface area (Å²) in [5, 5.41) is 6.99. The van der Waals surface area contributed by atoms with Crippen molar-refractivity contribution in [3.8, 4) is 0 Å². The molecule has 1 fully saturated rings. The van der Waals surface area contributed by atoms with Gasteiger partial charge in [0, 0.05) is 44.5 Å². The number of piperazine rings is 1. The molecule has 2 atom stereocenters. The average Bonchev–Trinajstić information content (AvgIpc) is 2.69. The maximum atomic E-state index is 3.53. The van der Waals surface area contributed by atoms with E-state index in [4.69, 9.17) is 0 Å². The maximum absolute atomic E-state index is 3.53. The van der Waals surface area contributed by atoms with Crippen molar-refractivity contribution in [1.82, 2.24) is 10.2 Å². The molecule has 1 heterocycles. The number of anilines is 1. The molecule has 1 aliphatic heterocycles. The summed E-state index contributed by atoms with van der Waals surface area (Å²) in [6, 6.07) is 20.2. The molecule has 2 aromatic rings. The molecule has 0 aliphatic carbocycles. The topological polar surface area (TPSA) is 27.3 Å². The highest BCUT2D eigenvalue weighted by atomic mass is 35.5. The maximum Gasteiger partial charge on any atom is 0.0400 e. The van der Waals surface area contributed by atoms with Crippen LogP contribution in [0.3, 0.4) is 0 Å². The minimum absolute atomic E-state index is 0. The Kier molecular flexibility index (Phi) is 10.8. The molecule has 0 spiro atoms. The van der Waals surface area contributed by atoms with Gasteiger partial charge in [0.1, 0.15) is 0 Å². The second kappa shape index (κ2) is 12.2. The van der Waals surface area contributed by atoms with Crippen LogP contribution >= 0.6 is 24.8 Å². The lowest BCUT2D eigenvalue weighted by Crippen LogP contribution is -2.46. The first kappa shape index (κ1) is 23.8. The Balaban J connectivity index is 0.00000182. The van der Waals surface area contributed by atoms with Crippen molar-refractivity contribution >= 4 is 30.5 Å². The van der Waals surface area contributed by atoms with Gasteiger partial charge in [0.15, 0.2) is 0 Å². The van der Waals surface area contributed by atoms with Crippen molar-refractivity contribution in [3.05, 3.63) is 65.7 Å². The van der Waals surface area contributed by atoms with Gasteiger partial charge in [0.2, 0.25) is 0 Å². The van der Waals surface area contributed by atoms with Gasteiger partial charge in [-0.25, -0.2) is 0 Å². The fraction of sp³-hybridized carbons (Fsp3) is 0.455. The number of hydrogen-bond acceptors (Lipinski definition) is 3. The molecule has 150 valence electrons. The van der Waals surface area contributed by atoms with Crippen LogP contribution in [0.15, 0.2) is 54.6 Å². The normalized spacial score (nSPS) is 16.5. The first-order valence-electron chi connectivity index (χ1n) is 9.60. The Morgan fingerprint density at radius 3 is 2.19 bits per heavy atom. The fourth-order valence-electron chi connectivity index (χ4n) is 3.68. The van der Waals surface area contributed by atoms with E-state index in [1.54, 1.807) is 0 Å². The van der Waals surface area contributed by atoms with E-state index in [-0.39, 0.29) is 24.8 Å². The first-order chi connectivity index (χ1) is 12.3. The Morgan fingerprint density at radius 1 is 0.963 bits per heavy atom. The molecule has 0 bridgehead atoms. The van der Waals surface area contributed by atoms with Gasteiger partial charge in [-0.1, -0.05) is 62.7 Å². The van der Waals surface area contributed by atoms with Crippen molar-refractivity contribution in [2.24, 2.45) is 5.92 Å². The van der Waals surface area contributed by atoms with Gasteiger partial charge in [-0.15, -0.1) is 24.8 Å². The molecule has 1 aliphatic rings. The van der Waals surface area contributed by atoms with E-state index in [1.807, 2.05) is 0 Å². The van der Waals surface area contributed by atoms with Crippen LogP contribution in [0.1, 0.15) is 37.4 Å². The molecule has 0 saturated carbocycles. The fourth-order valence-corrected chi connectivity index (χ4v) is 3.68. The third kappa shape index (κ3) is 6.69. The van der Waals surface area contributed by atoms with Crippen molar-refractivity contribution < 1.29 is 0 Å². The van der Waals surface area contributed by atoms with E-state index >= 15 is 0 Å². The Labute approximate surface area is 176 Å². The highest BCUT2D eigenvalue weighted by Gasteiger charge is 2.26. The smallest absolute Gasteiger partial charge is 0.0400 e. The van der Waals surface area contributed by atoms with Crippen molar-refractivity contribution in [3.63, 3.8) is 0 Å². The van der Waals surface area contributed by atoms with Gasteiger partial charge in [0.05, 0.1) is 0 Å². The molecular weight excluding hydrogens is 377 g/mol. The van der Waals surface area contributed by atoms with Crippen LogP contribution in [0.2, 0.25) is 0 Å². The molecule has 2 N–H and O–H groups in total. The first-order valence-corrected chi connectivity index (χ1v) is 9.60. The van der Waals surface area contributed by atoms with Crippen LogP contribution in [-0.4, -0.2) is 31.1 Å². The summed E-state index contributed by atoms with van der Waals surface area (Å²) in [6.45, 7) is 10.0. The highest BCUT2D eigenvalue weighted by Crippen LogP contribution is 2.31. The summed E-state index contributed by atoms with van der Waals surface area (Å²) in [5.74, 6) is 0.668. The zero-order chi connectivity index (χ0) is 17.5. The van der Waals surface area contributed by atoms with Crippen LogP contribution in [0.5, 0.6) is 0 Å². The summed E-state index contributed by atoms with van der Waals surface area (Å²) >= 11 is 0. The van der Waals surface area contributed by atoms with Crippen molar-refractivity contribution in [2.45, 2.75) is 32.9 Å². The van der Waals surface area contributed by atoms with E-state index in [9.17, 15) is 0 Å². The lowest BCUT2D eigenvalue weighted by molar-refractivity contribution is 0.128. The zero-order valence-corrected chi connectivity index (χ0v) is 18.0. The molecule has 3 nitrogen and oxygen atoms in total. The van der Waals surface area contributed by atoms with Crippen LogP contribution in [0, 0.1) is 5.92 Å². The predicted molar refractivity (Wildman–Crippen MR) is 121 cm³/mol. The van der Waals surface area contributed by atoms with Gasteiger partial charge >= 0.3 is 0 Å². The molecule has 0 aromatic heterocycles. The lowest BCUT2D eigenvalue weighted by Gasteiger charge is -2.38. The summed E-state index contributed by atoms with van der Waals surface area (Å²) in [6.07, 6.45) is 1.21. The van der Waals surface area contributed by atoms with Crippen LogP contribution in [0.25, 0.3) is 0 Å². The molecule has 1 unspecified atom stereocenters. The number of benzene rings is 2. The summed E-state index contributed by atoms with van der Waals surface area (Å²) in [5.41, 5.74) is 3.95. The average molecular weight is 410 g/mol. The van der Waals surface area contributed by atoms with Crippen LogP contribution in [0.4, 0.5) is 5.69 Å². The third-order valence-corrected chi connectivity index (χ3v) is 5.32. The van der Waals surface area contributed by atoms with Crippen molar-refractivity contribution in [2.75, 3.05) is 31.5 Å². The second-order valence-corrected chi connectivity index (χ2v) is 7.08. The number of nitrogens with zero attached hydrogens (tertiary/aromatic N) is 1. The molecule has 2 aromatic carbocycles. The number of halogens is 2. The second-order valence-electron chi connectivity index (χ2n) is 7.08. The SMILES string of the molecule is CCC(C)[C@H](c1ccc(NCc2ccccc2)cc1)N1CCNCC1.Cl.Cl. The van der Waals surface area contributed by atoms with E-state index in [2.05, 4.69) is 84.0 Å². The molecule has 0 radical (unpaired) electrons. The summed E-state index contributed by atoms with van der Waals surface area (Å²) in [7, 11) is 0. The molecule has 3 rings (SSSR count). The van der Waals surface area contributed by atoms with Crippen molar-refractivity contribution in [1.29, 1.82) is 0 Å². The molecule has 27 heavy (non-hydrogen) atoms. The molecule has 0 amide bonds. The monoisotopic (exact) mass is 409 g/mol. The zero-order valence-electron chi connectivity index (χ0n) is 16.4. The van der Waals surface area contributed by atoms with E-state index in [1.165, 1.54) is 23.2 Å². The quantitative estimate of drug-likeness (QED) is 0.662. The van der Waals surface area contributed by atoms with E-state index in [0.717, 1.165) is 32.7 Å². The summed E-state index contributed by atoms with van der Waals surface area (Å²) < 4.78 is 0. The largest absolute Gasteiger partial charge is 0.381 e. The Morgan fingerprint density at radius 2 is 1.59 bits per heavy atom. The number of hydrogen-bond donors (Lipinski definition) is 2. The van der Waals surface area contributed by atoms with Gasteiger partial charge in [-0.05, 0) is 29.2 Å². The summed E-state index contributed by atoms with van der Waals surface area (Å²) in [4.78, 5) is 2.65. The standard InChI is InChI=1S/C22H31N3.2ClH/c1-3-18(2)22(25-15-13-23-14-16-25)20-9-11-21(12-10-20)24-17-19-7-5-4-6-8-19;;/h4-12,18,22-24H,3,13-17H2,1-2H3;2*1H/t18?,22-;;/m1../s1. The lowest BCUT2D eigenvalue weighted by atomic mass is 9.90. The van der Waals surface area contributed by atoms with E-state index < -0.39 is 0 Å². The van der Waals surface area contributed by atoms with Gasteiger partial charge in [0.25, 0.3) is 0 Å². The predicted octanol–water partition coefficient (Wildman–Crippen LogP) is 5.13. The minimum Gasteiger partial charge on any atom is -0.381 e. The number of nitrogens with one attached hydrogen (secondary N) is 2. The Hall–Kier alpha value is -1.26. The third-order valence-electron chi connectivity index (χ3n) is 5.32. The van der Waals surface area contributed by atoms with Crippen LogP contribution < -0.4 is 10.6 Å². The number of rotatable bonds is 7. The van der Waals surface area contributed by atoms with E-state index in [0.29, 0.717) is 12.0 Å². The molecular formula is C22H33Cl2N3. The highest BCUT2D eigenvalue weighted by molar-refractivity contribution is 5.85. The van der Waals surface area contributed by atoms with Crippen LogP contribution in [-0.2, 0) is 6.54 Å². The van der Waals surface area contributed by atoms with Gasteiger partial charge < -0.3 is 10.6 Å².